The van der Waals surface area contributed by atoms with Gasteiger partial charge in [0.1, 0.15) is 17.2 Å². The average molecular weight is 302 g/mol. The normalized spacial score (nSPS) is 9.83. The Morgan fingerprint density at radius 3 is 2.22 bits per heavy atom. The van der Waals surface area contributed by atoms with Gasteiger partial charge in [-0.05, 0) is 12.1 Å². The van der Waals surface area contributed by atoms with Crippen LogP contribution in [0.3, 0.4) is 0 Å². The van der Waals surface area contributed by atoms with Crippen LogP contribution in [0, 0.1) is 22.7 Å². The fourth-order valence-electron chi connectivity index (χ4n) is 2.13. The van der Waals surface area contributed by atoms with Gasteiger partial charge in [0.25, 0.3) is 0 Å². The molecule has 0 radical (unpaired) electrons. The summed E-state index contributed by atoms with van der Waals surface area (Å²) in [5.74, 6) is 0. The van der Waals surface area contributed by atoms with Crippen molar-refractivity contribution < 1.29 is 8.83 Å². The van der Waals surface area contributed by atoms with Crippen LogP contribution in [0.1, 0.15) is 11.1 Å². The maximum atomic E-state index is 8.60. The van der Waals surface area contributed by atoms with E-state index in [-0.39, 0.29) is 0 Å². The van der Waals surface area contributed by atoms with E-state index < -0.39 is 0 Å². The SMILES string of the molecule is N#CCc1cncc2ccoc12.N#Cc1cncc2ccoc12. The van der Waals surface area contributed by atoms with E-state index in [9.17, 15) is 0 Å². The second-order valence-corrected chi connectivity index (χ2v) is 4.61. The number of nitrogens with zero attached hydrogens (tertiary/aromatic N) is 4. The van der Waals surface area contributed by atoms with Crippen LogP contribution in [0.5, 0.6) is 0 Å². The van der Waals surface area contributed by atoms with Crippen molar-refractivity contribution in [3.8, 4) is 12.1 Å². The highest BCUT2D eigenvalue weighted by molar-refractivity contribution is 5.81. The van der Waals surface area contributed by atoms with Gasteiger partial charge in [0, 0.05) is 41.1 Å². The van der Waals surface area contributed by atoms with Gasteiger partial charge in [0.2, 0.25) is 0 Å². The van der Waals surface area contributed by atoms with E-state index in [4.69, 9.17) is 19.4 Å². The summed E-state index contributed by atoms with van der Waals surface area (Å²) in [6.45, 7) is 0. The lowest BCUT2D eigenvalue weighted by atomic mass is 10.2. The number of fused-ring (bicyclic) bond motifs is 2. The number of furan rings is 2. The zero-order valence-corrected chi connectivity index (χ0v) is 11.9. The minimum Gasteiger partial charge on any atom is -0.464 e. The smallest absolute Gasteiger partial charge is 0.154 e. The van der Waals surface area contributed by atoms with Crippen LogP contribution in [0.2, 0.25) is 0 Å². The molecule has 0 atom stereocenters. The van der Waals surface area contributed by atoms with E-state index in [0.717, 1.165) is 21.9 Å². The Bertz CT molecular complexity index is 1030. The lowest BCUT2D eigenvalue weighted by Crippen LogP contribution is -1.83. The van der Waals surface area contributed by atoms with Crippen molar-refractivity contribution in [2.75, 3.05) is 0 Å². The first-order valence-corrected chi connectivity index (χ1v) is 6.72. The van der Waals surface area contributed by atoms with Gasteiger partial charge in [-0.3, -0.25) is 9.97 Å². The second-order valence-electron chi connectivity index (χ2n) is 4.61. The molecule has 6 heteroatoms. The monoisotopic (exact) mass is 302 g/mol. The van der Waals surface area contributed by atoms with Crippen LogP contribution < -0.4 is 0 Å². The van der Waals surface area contributed by atoms with Crippen molar-refractivity contribution in [1.82, 2.24) is 9.97 Å². The Balaban J connectivity index is 0.000000136. The molecule has 0 bridgehead atoms. The van der Waals surface area contributed by atoms with E-state index in [1.165, 1.54) is 6.20 Å². The lowest BCUT2D eigenvalue weighted by molar-refractivity contribution is 0.612. The highest BCUT2D eigenvalue weighted by Gasteiger charge is 2.03. The lowest BCUT2D eigenvalue weighted by Gasteiger charge is -1.93. The number of nitriles is 2. The second kappa shape index (κ2) is 6.42. The number of pyridine rings is 2. The molecule has 4 aromatic heterocycles. The van der Waals surface area contributed by atoms with Gasteiger partial charge in [-0.2, -0.15) is 10.5 Å². The van der Waals surface area contributed by atoms with Crippen LogP contribution in [0.25, 0.3) is 21.9 Å². The Morgan fingerprint density at radius 1 is 0.870 bits per heavy atom. The summed E-state index contributed by atoms with van der Waals surface area (Å²) in [5.41, 5.74) is 2.71. The van der Waals surface area contributed by atoms with E-state index in [1.807, 2.05) is 12.1 Å². The van der Waals surface area contributed by atoms with Crippen LogP contribution in [-0.4, -0.2) is 9.97 Å². The molecular weight excluding hydrogens is 292 g/mol. The number of rotatable bonds is 1. The minimum absolute atomic E-state index is 0.345. The maximum Gasteiger partial charge on any atom is 0.154 e. The molecule has 4 rings (SSSR count). The molecule has 23 heavy (non-hydrogen) atoms. The van der Waals surface area contributed by atoms with Crippen LogP contribution >= 0.6 is 0 Å². The summed E-state index contributed by atoms with van der Waals surface area (Å²) in [5, 5.41) is 18.9. The number of hydrogen-bond donors (Lipinski definition) is 0. The van der Waals surface area contributed by atoms with Crippen LogP contribution in [0.4, 0.5) is 0 Å². The molecule has 0 aliphatic heterocycles. The van der Waals surface area contributed by atoms with Gasteiger partial charge in [-0.15, -0.1) is 0 Å². The topological polar surface area (TPSA) is 99.6 Å². The summed E-state index contributed by atoms with van der Waals surface area (Å²) in [4.78, 5) is 7.87. The van der Waals surface area contributed by atoms with Crippen molar-refractivity contribution in [2.24, 2.45) is 0 Å². The average Bonchev–Trinajstić information content (AvgIpc) is 3.24. The van der Waals surface area contributed by atoms with Crippen molar-refractivity contribution in [2.45, 2.75) is 6.42 Å². The molecule has 110 valence electrons. The van der Waals surface area contributed by atoms with Crippen molar-refractivity contribution in [3.05, 3.63) is 60.6 Å². The van der Waals surface area contributed by atoms with Crippen LogP contribution in [-0.2, 0) is 6.42 Å². The van der Waals surface area contributed by atoms with Crippen molar-refractivity contribution in [1.29, 1.82) is 10.5 Å². The standard InChI is InChI=1S/C9H6N2O.C8H4N2O/c10-3-1-7-5-11-6-8-2-4-12-9(7)8;9-3-7-5-10-4-6-1-2-11-8(6)7/h2,4-6H,1H2;1-2,4-5H. The largest absolute Gasteiger partial charge is 0.464 e. The Morgan fingerprint density at radius 2 is 1.52 bits per heavy atom. The summed E-state index contributed by atoms with van der Waals surface area (Å²) in [6, 6.07) is 7.68. The van der Waals surface area contributed by atoms with Gasteiger partial charge in [0.05, 0.1) is 25.0 Å². The maximum absolute atomic E-state index is 8.60. The molecule has 0 unspecified atom stereocenters. The van der Waals surface area contributed by atoms with E-state index >= 15 is 0 Å². The van der Waals surface area contributed by atoms with E-state index in [0.29, 0.717) is 17.6 Å². The Hall–Kier alpha value is -3.64. The minimum atomic E-state index is 0.345. The van der Waals surface area contributed by atoms with Gasteiger partial charge in [-0.1, -0.05) is 0 Å². The first kappa shape index (κ1) is 14.3. The number of aromatic nitrogens is 2. The quantitative estimate of drug-likeness (QED) is 0.532. The fourth-order valence-corrected chi connectivity index (χ4v) is 2.13. The Kier molecular flexibility index (Phi) is 3.99. The van der Waals surface area contributed by atoms with E-state index in [1.54, 1.807) is 37.2 Å². The fraction of sp³-hybridized carbons (Fsp3) is 0.0588. The summed E-state index contributed by atoms with van der Waals surface area (Å²) < 4.78 is 10.3. The molecule has 0 saturated carbocycles. The molecule has 0 aliphatic rings. The molecule has 0 spiro atoms. The molecule has 0 aliphatic carbocycles. The third kappa shape index (κ3) is 2.87. The Labute approximate surface area is 131 Å². The molecule has 0 fully saturated rings. The van der Waals surface area contributed by atoms with Gasteiger partial charge in [-0.25, -0.2) is 0 Å². The summed E-state index contributed by atoms with van der Waals surface area (Å²) >= 11 is 0. The molecule has 0 N–H and O–H groups in total. The summed E-state index contributed by atoms with van der Waals surface area (Å²) in [7, 11) is 0. The first-order valence-electron chi connectivity index (χ1n) is 6.72. The molecule has 0 amide bonds. The number of hydrogen-bond acceptors (Lipinski definition) is 6. The van der Waals surface area contributed by atoms with Crippen molar-refractivity contribution >= 4 is 21.9 Å². The molecule has 4 heterocycles. The predicted molar refractivity (Wildman–Crippen MR) is 82.1 cm³/mol. The molecule has 0 aromatic carbocycles. The van der Waals surface area contributed by atoms with Gasteiger partial charge in [0.15, 0.2) is 5.58 Å². The van der Waals surface area contributed by atoms with E-state index in [2.05, 4.69) is 16.0 Å². The zero-order chi connectivity index (χ0) is 16.1. The first-order chi connectivity index (χ1) is 11.3. The predicted octanol–water partition coefficient (Wildman–Crippen LogP) is 3.59. The summed E-state index contributed by atoms with van der Waals surface area (Å²) in [6.07, 6.45) is 10.0. The third-order valence-corrected chi connectivity index (χ3v) is 3.18. The molecule has 0 saturated heterocycles. The van der Waals surface area contributed by atoms with Crippen molar-refractivity contribution in [3.63, 3.8) is 0 Å². The molecule has 4 aromatic rings. The van der Waals surface area contributed by atoms with Gasteiger partial charge >= 0.3 is 0 Å². The third-order valence-electron chi connectivity index (χ3n) is 3.18. The molecular formula is C17H10N4O2. The molecule has 6 nitrogen and oxygen atoms in total. The highest BCUT2D eigenvalue weighted by atomic mass is 16.3. The van der Waals surface area contributed by atoms with Crippen LogP contribution in [0.15, 0.2) is 58.3 Å². The van der Waals surface area contributed by atoms with Gasteiger partial charge < -0.3 is 8.83 Å². The highest BCUT2D eigenvalue weighted by Crippen LogP contribution is 2.18. The zero-order valence-electron chi connectivity index (χ0n) is 11.9.